The Labute approximate surface area is 124 Å². The summed E-state index contributed by atoms with van der Waals surface area (Å²) in [6.45, 7) is 0.363. The second kappa shape index (κ2) is 6.51. The van der Waals surface area contributed by atoms with E-state index in [4.69, 9.17) is 4.74 Å². The lowest BCUT2D eigenvalue weighted by molar-refractivity contribution is 0.0600. The third-order valence-corrected chi connectivity index (χ3v) is 3.17. The van der Waals surface area contributed by atoms with Gasteiger partial charge in [-0.25, -0.2) is 4.79 Å². The van der Waals surface area contributed by atoms with Gasteiger partial charge < -0.3 is 9.47 Å². The molecular weight excluding hydrogens is 357 g/mol. The van der Waals surface area contributed by atoms with Crippen molar-refractivity contribution >= 4 is 28.6 Å². The van der Waals surface area contributed by atoms with Crippen molar-refractivity contribution < 1.29 is 14.3 Å². The van der Waals surface area contributed by atoms with Gasteiger partial charge in [0.05, 0.1) is 18.4 Å². The maximum Gasteiger partial charge on any atom is 0.339 e. The van der Waals surface area contributed by atoms with Gasteiger partial charge in [0.1, 0.15) is 12.4 Å². The lowest BCUT2D eigenvalue weighted by atomic mass is 10.2. The summed E-state index contributed by atoms with van der Waals surface area (Å²) in [4.78, 5) is 15.4. The summed E-state index contributed by atoms with van der Waals surface area (Å²) >= 11 is 2.24. The molecule has 0 spiro atoms. The lowest BCUT2D eigenvalue weighted by Crippen LogP contribution is -2.04. The average molecular weight is 369 g/mol. The van der Waals surface area contributed by atoms with Crippen LogP contribution >= 0.6 is 22.6 Å². The fourth-order valence-electron chi connectivity index (χ4n) is 1.44. The number of nitrogens with zero attached hydrogens (tertiary/aromatic N) is 1. The Hall–Kier alpha value is -1.63. The number of hydrogen-bond donors (Lipinski definition) is 0. The number of halogens is 1. The molecular formula is C14H12INO3. The van der Waals surface area contributed by atoms with Gasteiger partial charge in [0.25, 0.3) is 0 Å². The van der Waals surface area contributed by atoms with Crippen LogP contribution in [0.1, 0.15) is 16.1 Å². The number of methoxy groups -OCH3 is 1. The number of esters is 1. The van der Waals surface area contributed by atoms with E-state index < -0.39 is 5.97 Å². The van der Waals surface area contributed by atoms with E-state index in [1.54, 1.807) is 12.1 Å². The van der Waals surface area contributed by atoms with Gasteiger partial charge in [-0.1, -0.05) is 0 Å². The van der Waals surface area contributed by atoms with Crippen LogP contribution in [0.4, 0.5) is 0 Å². The SMILES string of the molecule is COC(=O)c1ccc(COc2ccc(I)cc2)nc1. The number of aromatic nitrogens is 1. The van der Waals surface area contributed by atoms with Crippen LogP contribution in [-0.2, 0) is 11.3 Å². The highest BCUT2D eigenvalue weighted by atomic mass is 127. The average Bonchev–Trinajstić information content (AvgIpc) is 2.46. The summed E-state index contributed by atoms with van der Waals surface area (Å²) in [5.74, 6) is 0.400. The Kier molecular flexibility index (Phi) is 4.73. The molecule has 0 radical (unpaired) electrons. The Morgan fingerprint density at radius 3 is 2.53 bits per heavy atom. The molecule has 98 valence electrons. The highest BCUT2D eigenvalue weighted by molar-refractivity contribution is 14.1. The van der Waals surface area contributed by atoms with Gasteiger partial charge in [0.15, 0.2) is 0 Å². The van der Waals surface area contributed by atoms with Gasteiger partial charge >= 0.3 is 5.97 Å². The first kappa shape index (κ1) is 13.8. The number of carbonyl (C=O) groups excluding carboxylic acids is 1. The molecule has 2 rings (SSSR count). The minimum atomic E-state index is -0.391. The predicted octanol–water partition coefficient (Wildman–Crippen LogP) is 3.05. The summed E-state index contributed by atoms with van der Waals surface area (Å²) in [6, 6.07) is 11.2. The molecule has 0 fully saturated rings. The van der Waals surface area contributed by atoms with Crippen LogP contribution in [0.2, 0.25) is 0 Å². The molecule has 0 bridgehead atoms. The summed E-state index contributed by atoms with van der Waals surface area (Å²) in [5.41, 5.74) is 1.19. The van der Waals surface area contributed by atoms with E-state index >= 15 is 0 Å². The monoisotopic (exact) mass is 369 g/mol. The number of carbonyl (C=O) groups is 1. The quantitative estimate of drug-likeness (QED) is 0.614. The fourth-order valence-corrected chi connectivity index (χ4v) is 1.80. The van der Waals surface area contributed by atoms with E-state index in [-0.39, 0.29) is 0 Å². The van der Waals surface area contributed by atoms with Crippen LogP contribution < -0.4 is 4.74 Å². The van der Waals surface area contributed by atoms with E-state index in [2.05, 4.69) is 32.3 Å². The van der Waals surface area contributed by atoms with E-state index in [9.17, 15) is 4.79 Å². The van der Waals surface area contributed by atoms with Gasteiger partial charge in [-0.2, -0.15) is 0 Å². The van der Waals surface area contributed by atoms with Gasteiger partial charge in [-0.3, -0.25) is 4.98 Å². The molecule has 2 aromatic rings. The molecule has 19 heavy (non-hydrogen) atoms. The van der Waals surface area contributed by atoms with Crippen molar-refractivity contribution in [3.05, 3.63) is 57.4 Å². The third-order valence-electron chi connectivity index (χ3n) is 2.45. The Morgan fingerprint density at radius 1 is 1.21 bits per heavy atom. The lowest BCUT2D eigenvalue weighted by Gasteiger charge is -2.06. The number of rotatable bonds is 4. The van der Waals surface area contributed by atoms with E-state index in [0.717, 1.165) is 15.0 Å². The number of pyridine rings is 1. The smallest absolute Gasteiger partial charge is 0.339 e. The van der Waals surface area contributed by atoms with Crippen molar-refractivity contribution in [2.45, 2.75) is 6.61 Å². The molecule has 0 amide bonds. The molecule has 0 N–H and O–H groups in total. The third kappa shape index (κ3) is 3.92. The number of ether oxygens (including phenoxy) is 2. The van der Waals surface area contributed by atoms with Crippen LogP contribution in [0.3, 0.4) is 0 Å². The summed E-state index contributed by atoms with van der Waals surface area (Å²) in [5, 5.41) is 0. The first-order valence-electron chi connectivity index (χ1n) is 5.60. The van der Waals surface area contributed by atoms with Gasteiger partial charge in [-0.15, -0.1) is 0 Å². The topological polar surface area (TPSA) is 48.4 Å². The van der Waals surface area contributed by atoms with Crippen molar-refractivity contribution in [3.8, 4) is 5.75 Å². The normalized spacial score (nSPS) is 10.0. The minimum Gasteiger partial charge on any atom is -0.487 e. The van der Waals surface area contributed by atoms with Crippen LogP contribution in [0.25, 0.3) is 0 Å². The van der Waals surface area contributed by atoms with Crippen LogP contribution in [-0.4, -0.2) is 18.1 Å². The fraction of sp³-hybridized carbons (Fsp3) is 0.143. The summed E-state index contributed by atoms with van der Waals surface area (Å²) in [6.07, 6.45) is 1.48. The Bertz CT molecular complexity index is 552. The molecule has 0 saturated heterocycles. The zero-order valence-electron chi connectivity index (χ0n) is 10.3. The maximum atomic E-state index is 11.2. The van der Waals surface area contributed by atoms with Gasteiger partial charge in [0, 0.05) is 9.77 Å². The second-order valence-electron chi connectivity index (χ2n) is 3.77. The molecule has 0 aliphatic heterocycles. The van der Waals surface area contributed by atoms with Gasteiger partial charge in [-0.05, 0) is 59.0 Å². The first-order valence-corrected chi connectivity index (χ1v) is 6.68. The number of benzene rings is 1. The molecule has 0 unspecified atom stereocenters. The van der Waals surface area contributed by atoms with Crippen LogP contribution in [0.15, 0.2) is 42.6 Å². The predicted molar refractivity (Wildman–Crippen MR) is 79.1 cm³/mol. The molecule has 0 atom stereocenters. The van der Waals surface area contributed by atoms with Crippen molar-refractivity contribution in [1.29, 1.82) is 0 Å². The van der Waals surface area contributed by atoms with Crippen molar-refractivity contribution in [3.63, 3.8) is 0 Å². The molecule has 1 heterocycles. The molecule has 1 aromatic carbocycles. The van der Waals surface area contributed by atoms with Crippen molar-refractivity contribution in [2.75, 3.05) is 7.11 Å². The largest absolute Gasteiger partial charge is 0.487 e. The molecule has 4 nitrogen and oxygen atoms in total. The zero-order valence-corrected chi connectivity index (χ0v) is 12.5. The summed E-state index contributed by atoms with van der Waals surface area (Å²) < 4.78 is 11.4. The highest BCUT2D eigenvalue weighted by Crippen LogP contribution is 2.14. The Morgan fingerprint density at radius 2 is 1.95 bits per heavy atom. The minimum absolute atomic E-state index is 0.363. The first-order chi connectivity index (χ1) is 9.19. The van der Waals surface area contributed by atoms with E-state index in [1.165, 1.54) is 13.3 Å². The maximum absolute atomic E-state index is 11.2. The van der Waals surface area contributed by atoms with Crippen LogP contribution in [0.5, 0.6) is 5.75 Å². The molecule has 0 aliphatic carbocycles. The van der Waals surface area contributed by atoms with Crippen molar-refractivity contribution in [2.24, 2.45) is 0 Å². The van der Waals surface area contributed by atoms with E-state index in [1.807, 2.05) is 24.3 Å². The molecule has 5 heteroatoms. The molecule has 0 aliphatic rings. The van der Waals surface area contributed by atoms with Gasteiger partial charge in [0.2, 0.25) is 0 Å². The van der Waals surface area contributed by atoms with Crippen LogP contribution in [0, 0.1) is 3.57 Å². The molecule has 1 aromatic heterocycles. The highest BCUT2D eigenvalue weighted by Gasteiger charge is 2.05. The molecule has 0 saturated carbocycles. The van der Waals surface area contributed by atoms with Crippen molar-refractivity contribution in [1.82, 2.24) is 4.98 Å². The zero-order chi connectivity index (χ0) is 13.7. The standard InChI is InChI=1S/C14H12INO3/c1-18-14(17)10-2-5-12(16-8-10)9-19-13-6-3-11(15)4-7-13/h2-8H,9H2,1H3. The summed E-state index contributed by atoms with van der Waals surface area (Å²) in [7, 11) is 1.34. The van der Waals surface area contributed by atoms with E-state index in [0.29, 0.717) is 12.2 Å². The second-order valence-corrected chi connectivity index (χ2v) is 5.02. The number of hydrogen-bond acceptors (Lipinski definition) is 4. The Balaban J connectivity index is 1.96.